The standard InChI is InChI=1S/C24H30N4O/c1-15-17(14-28(3)27-15)13-25-26-23-9-8-22-21-6-4-16-12-18(29)5-7-19(16)20(21)10-11-24(22,23)2/h5,7,12-14,20-22,29H,4,6,8-11H2,1-3H3/b25-13-,26-23-/t20-,21+,22+,24+/m0/s1. The van der Waals surface area contributed by atoms with Gasteiger partial charge >= 0.3 is 0 Å². The minimum Gasteiger partial charge on any atom is -0.508 e. The highest BCUT2D eigenvalue weighted by molar-refractivity contribution is 5.93. The van der Waals surface area contributed by atoms with E-state index < -0.39 is 0 Å². The lowest BCUT2D eigenvalue weighted by atomic mass is 9.55. The van der Waals surface area contributed by atoms with E-state index in [1.165, 1.54) is 42.5 Å². The van der Waals surface area contributed by atoms with E-state index >= 15 is 0 Å². The second-order valence-electron chi connectivity index (χ2n) is 9.43. The molecule has 3 aliphatic rings. The second kappa shape index (κ2) is 6.82. The van der Waals surface area contributed by atoms with Gasteiger partial charge in [0.15, 0.2) is 0 Å². The molecule has 0 aliphatic heterocycles. The molecule has 0 unspecified atom stereocenters. The topological polar surface area (TPSA) is 62.8 Å². The lowest BCUT2D eigenvalue weighted by Gasteiger charge is -2.49. The number of phenolic OH excluding ortho intramolecular Hbond substituents is 1. The molecule has 152 valence electrons. The zero-order valence-electron chi connectivity index (χ0n) is 17.6. The molecule has 0 radical (unpaired) electrons. The molecule has 1 heterocycles. The minimum absolute atomic E-state index is 0.177. The van der Waals surface area contributed by atoms with Crippen LogP contribution in [0.4, 0.5) is 0 Å². The Hall–Kier alpha value is -2.43. The number of aromatic hydroxyl groups is 1. The van der Waals surface area contributed by atoms with Crippen molar-refractivity contribution >= 4 is 11.9 Å². The molecule has 1 N–H and O–H groups in total. The summed E-state index contributed by atoms with van der Waals surface area (Å²) in [5.41, 5.74) is 6.33. The predicted octanol–water partition coefficient (Wildman–Crippen LogP) is 4.77. The molecule has 5 nitrogen and oxygen atoms in total. The van der Waals surface area contributed by atoms with E-state index in [1.54, 1.807) is 0 Å². The van der Waals surface area contributed by atoms with Gasteiger partial charge in [0.2, 0.25) is 0 Å². The Kier molecular flexibility index (Phi) is 4.37. The van der Waals surface area contributed by atoms with E-state index in [-0.39, 0.29) is 5.41 Å². The van der Waals surface area contributed by atoms with Gasteiger partial charge in [-0.15, -0.1) is 0 Å². The lowest BCUT2D eigenvalue weighted by molar-refractivity contribution is 0.0955. The fourth-order valence-electron chi connectivity index (χ4n) is 6.43. The first-order chi connectivity index (χ1) is 14.0. The highest BCUT2D eigenvalue weighted by atomic mass is 16.3. The van der Waals surface area contributed by atoms with E-state index in [4.69, 9.17) is 5.10 Å². The summed E-state index contributed by atoms with van der Waals surface area (Å²) in [5.74, 6) is 2.46. The highest BCUT2D eigenvalue weighted by Crippen LogP contribution is 2.60. The number of nitrogens with zero attached hydrogens (tertiary/aromatic N) is 4. The van der Waals surface area contributed by atoms with Crippen LogP contribution in [0.1, 0.15) is 67.3 Å². The van der Waals surface area contributed by atoms with Gasteiger partial charge in [-0.2, -0.15) is 15.3 Å². The molecule has 2 saturated carbocycles. The number of fused-ring (bicyclic) bond motifs is 5. The number of phenols is 1. The molecule has 0 spiro atoms. The molecule has 0 amide bonds. The minimum atomic E-state index is 0.177. The molecule has 2 fully saturated rings. The molecule has 0 bridgehead atoms. The summed E-state index contributed by atoms with van der Waals surface area (Å²) in [7, 11) is 1.93. The summed E-state index contributed by atoms with van der Waals surface area (Å²) in [6.07, 6.45) is 10.8. The molecule has 1 aromatic heterocycles. The Balaban J connectivity index is 1.39. The third-order valence-electron chi connectivity index (χ3n) is 7.88. The average molecular weight is 391 g/mol. The smallest absolute Gasteiger partial charge is 0.115 e. The van der Waals surface area contributed by atoms with E-state index in [0.717, 1.165) is 30.0 Å². The predicted molar refractivity (Wildman–Crippen MR) is 116 cm³/mol. The Bertz CT molecular complexity index is 1000. The van der Waals surface area contributed by atoms with Gasteiger partial charge in [-0.3, -0.25) is 4.68 Å². The summed E-state index contributed by atoms with van der Waals surface area (Å²) in [6.45, 7) is 4.43. The molecule has 4 atom stereocenters. The first-order valence-electron chi connectivity index (χ1n) is 10.9. The average Bonchev–Trinajstić information content (AvgIpc) is 3.19. The highest BCUT2D eigenvalue weighted by Gasteiger charge is 2.53. The molecule has 29 heavy (non-hydrogen) atoms. The zero-order valence-corrected chi connectivity index (χ0v) is 17.6. The molecule has 2 aromatic rings. The SMILES string of the molecule is Cc1nn(C)cc1/C=N\N=C1\CC[C@@H]2[C@@H]3CCc4cc(O)ccc4[C@@H]3CC[C@@]12C. The van der Waals surface area contributed by atoms with Crippen LogP contribution in [0.15, 0.2) is 34.6 Å². The van der Waals surface area contributed by atoms with Gasteiger partial charge in [-0.25, -0.2) is 0 Å². The van der Waals surface area contributed by atoms with Crippen molar-refractivity contribution in [3.63, 3.8) is 0 Å². The Morgan fingerprint density at radius 3 is 2.90 bits per heavy atom. The monoisotopic (exact) mass is 390 g/mol. The molecule has 5 heteroatoms. The number of aromatic nitrogens is 2. The number of rotatable bonds is 2. The van der Waals surface area contributed by atoms with Gasteiger partial charge in [-0.1, -0.05) is 13.0 Å². The number of aryl methyl sites for hydroxylation is 3. The summed E-state index contributed by atoms with van der Waals surface area (Å²) in [6, 6.07) is 6.02. The molecule has 3 aliphatic carbocycles. The molecular weight excluding hydrogens is 360 g/mol. The van der Waals surface area contributed by atoms with Crippen molar-refractivity contribution in [1.29, 1.82) is 0 Å². The molecule has 5 rings (SSSR count). The first kappa shape index (κ1) is 18.6. The maximum Gasteiger partial charge on any atom is 0.115 e. The van der Waals surface area contributed by atoms with Gasteiger partial charge in [0.05, 0.1) is 11.9 Å². The first-order valence-corrected chi connectivity index (χ1v) is 10.9. The van der Waals surface area contributed by atoms with Gasteiger partial charge in [0.25, 0.3) is 0 Å². The van der Waals surface area contributed by atoms with Crippen LogP contribution in [0.25, 0.3) is 0 Å². The Morgan fingerprint density at radius 2 is 2.10 bits per heavy atom. The summed E-state index contributed by atoms with van der Waals surface area (Å²) >= 11 is 0. The van der Waals surface area contributed by atoms with Crippen LogP contribution in [0, 0.1) is 24.2 Å². The van der Waals surface area contributed by atoms with Crippen molar-refractivity contribution in [3.8, 4) is 5.75 Å². The third kappa shape index (κ3) is 3.02. The van der Waals surface area contributed by atoms with Crippen LogP contribution < -0.4 is 0 Å². The van der Waals surface area contributed by atoms with Crippen LogP contribution >= 0.6 is 0 Å². The van der Waals surface area contributed by atoms with E-state index in [0.29, 0.717) is 17.6 Å². The van der Waals surface area contributed by atoms with E-state index in [1.807, 2.05) is 43.2 Å². The van der Waals surface area contributed by atoms with Crippen LogP contribution in [0.2, 0.25) is 0 Å². The summed E-state index contributed by atoms with van der Waals surface area (Å²) in [5, 5.41) is 23.4. The van der Waals surface area contributed by atoms with Gasteiger partial charge in [0.1, 0.15) is 5.75 Å². The van der Waals surface area contributed by atoms with E-state index in [2.05, 4.69) is 23.2 Å². The van der Waals surface area contributed by atoms with Crippen LogP contribution in [0.3, 0.4) is 0 Å². The van der Waals surface area contributed by atoms with E-state index in [9.17, 15) is 5.11 Å². The van der Waals surface area contributed by atoms with Crippen molar-refractivity contribution in [1.82, 2.24) is 9.78 Å². The second-order valence-corrected chi connectivity index (χ2v) is 9.43. The van der Waals surface area contributed by atoms with Crippen molar-refractivity contribution in [2.75, 3.05) is 0 Å². The van der Waals surface area contributed by atoms with Gasteiger partial charge < -0.3 is 5.11 Å². The van der Waals surface area contributed by atoms with Crippen LogP contribution in [-0.4, -0.2) is 26.8 Å². The van der Waals surface area contributed by atoms with Crippen LogP contribution in [0.5, 0.6) is 5.75 Å². The molecule has 1 aromatic carbocycles. The summed E-state index contributed by atoms with van der Waals surface area (Å²) < 4.78 is 1.82. The van der Waals surface area contributed by atoms with Crippen molar-refractivity contribution in [3.05, 3.63) is 46.8 Å². The fourth-order valence-corrected chi connectivity index (χ4v) is 6.43. The zero-order chi connectivity index (χ0) is 20.2. The van der Waals surface area contributed by atoms with Crippen molar-refractivity contribution in [2.24, 2.45) is 34.5 Å². The van der Waals surface area contributed by atoms with Gasteiger partial charge in [0, 0.05) is 29.9 Å². The lowest BCUT2D eigenvalue weighted by Crippen LogP contribution is -2.42. The number of hydrogen-bond donors (Lipinski definition) is 1. The normalized spacial score (nSPS) is 32.4. The third-order valence-corrected chi connectivity index (χ3v) is 7.88. The number of hydrogen-bond acceptors (Lipinski definition) is 4. The molecular formula is C24H30N4O. The largest absolute Gasteiger partial charge is 0.508 e. The fraction of sp³-hybridized carbons (Fsp3) is 0.542. The molecule has 0 saturated heterocycles. The number of benzene rings is 1. The van der Waals surface area contributed by atoms with Crippen LogP contribution in [-0.2, 0) is 13.5 Å². The van der Waals surface area contributed by atoms with Crippen molar-refractivity contribution in [2.45, 2.75) is 58.3 Å². The summed E-state index contributed by atoms with van der Waals surface area (Å²) in [4.78, 5) is 0. The Morgan fingerprint density at radius 1 is 1.24 bits per heavy atom. The maximum atomic E-state index is 9.86. The Labute approximate surface area is 172 Å². The quantitative estimate of drug-likeness (QED) is 0.593. The van der Waals surface area contributed by atoms with Gasteiger partial charge in [-0.05, 0) is 86.5 Å². The van der Waals surface area contributed by atoms with Crippen molar-refractivity contribution < 1.29 is 5.11 Å². The maximum absolute atomic E-state index is 9.86.